The Hall–Kier alpha value is -0.350. The van der Waals surface area contributed by atoms with Gasteiger partial charge in [-0.25, -0.2) is 0 Å². The molecule has 0 fully saturated rings. The number of aryl methyl sites for hydroxylation is 1. The number of aromatic nitrogens is 2. The second kappa shape index (κ2) is 5.74. The highest BCUT2D eigenvalue weighted by molar-refractivity contribution is 9.09. The van der Waals surface area contributed by atoms with Crippen LogP contribution in [0.1, 0.15) is 19.0 Å². The van der Waals surface area contributed by atoms with Crippen molar-refractivity contribution in [3.05, 3.63) is 30.0 Å². The van der Waals surface area contributed by atoms with Crippen LogP contribution >= 0.6 is 31.9 Å². The van der Waals surface area contributed by atoms with E-state index in [1.165, 1.54) is 16.6 Å². The third-order valence-electron chi connectivity index (χ3n) is 3.69. The first-order valence-corrected chi connectivity index (χ1v) is 8.42. The van der Waals surface area contributed by atoms with Gasteiger partial charge in [-0.05, 0) is 24.3 Å². The lowest BCUT2D eigenvalue weighted by Gasteiger charge is -2.27. The lowest BCUT2D eigenvalue weighted by Crippen LogP contribution is -2.27. The van der Waals surface area contributed by atoms with Crippen LogP contribution in [0.25, 0.3) is 10.9 Å². The predicted octanol–water partition coefficient (Wildman–Crippen LogP) is 4.30. The molecule has 1 aromatic carbocycles. The number of hydrogen-bond acceptors (Lipinski definition) is 1. The van der Waals surface area contributed by atoms with Gasteiger partial charge in [-0.1, -0.05) is 57.0 Å². The zero-order valence-corrected chi connectivity index (χ0v) is 14.0. The number of hydrogen-bond donors (Lipinski definition) is 0. The molecule has 1 aromatic heterocycles. The van der Waals surface area contributed by atoms with E-state index in [-0.39, 0.29) is 5.41 Å². The molecule has 0 amide bonds. The number of benzene rings is 1. The number of nitrogens with zero attached hydrogens (tertiary/aromatic N) is 2. The Morgan fingerprint density at radius 1 is 1.22 bits per heavy atom. The van der Waals surface area contributed by atoms with Crippen molar-refractivity contribution in [2.24, 2.45) is 12.5 Å². The SMILES string of the molecule is CCC(CBr)(CBr)Cc1nn(C)c2ccccc12. The number of halogens is 2. The normalized spacial score (nSPS) is 12.2. The maximum absolute atomic E-state index is 4.69. The summed E-state index contributed by atoms with van der Waals surface area (Å²) in [5.41, 5.74) is 2.66. The molecule has 0 aliphatic heterocycles. The molecule has 0 saturated carbocycles. The molecule has 0 radical (unpaired) electrons. The fourth-order valence-electron chi connectivity index (χ4n) is 2.22. The van der Waals surface area contributed by atoms with Crippen LogP contribution in [0.4, 0.5) is 0 Å². The fourth-order valence-corrected chi connectivity index (χ4v) is 4.34. The summed E-state index contributed by atoms with van der Waals surface area (Å²) < 4.78 is 1.98. The summed E-state index contributed by atoms with van der Waals surface area (Å²) in [6.07, 6.45) is 2.13. The molecule has 0 aliphatic rings. The van der Waals surface area contributed by atoms with Crippen LogP contribution in [0.3, 0.4) is 0 Å². The van der Waals surface area contributed by atoms with E-state index >= 15 is 0 Å². The maximum Gasteiger partial charge on any atom is 0.0709 e. The quantitative estimate of drug-likeness (QED) is 0.714. The van der Waals surface area contributed by atoms with E-state index < -0.39 is 0 Å². The summed E-state index contributed by atoms with van der Waals surface area (Å²) in [7, 11) is 2.02. The number of alkyl halides is 2. The highest BCUT2D eigenvalue weighted by atomic mass is 79.9. The third kappa shape index (κ3) is 2.50. The number of para-hydroxylation sites is 1. The Morgan fingerprint density at radius 2 is 1.89 bits per heavy atom. The molecule has 0 bridgehead atoms. The Bertz CT molecular complexity index is 521. The Kier molecular flexibility index (Phi) is 4.49. The summed E-state index contributed by atoms with van der Waals surface area (Å²) in [6, 6.07) is 8.45. The first-order chi connectivity index (χ1) is 8.65. The fraction of sp³-hybridized carbons (Fsp3) is 0.500. The summed E-state index contributed by atoms with van der Waals surface area (Å²) in [5, 5.41) is 7.96. The average molecular weight is 374 g/mol. The van der Waals surface area contributed by atoms with Crippen LogP contribution in [-0.2, 0) is 13.5 Å². The molecule has 2 rings (SSSR count). The number of fused-ring (bicyclic) bond motifs is 1. The predicted molar refractivity (Wildman–Crippen MR) is 84.7 cm³/mol. The van der Waals surface area contributed by atoms with Gasteiger partial charge in [0.15, 0.2) is 0 Å². The zero-order chi connectivity index (χ0) is 13.2. The molecule has 18 heavy (non-hydrogen) atoms. The molecular weight excluding hydrogens is 356 g/mol. The van der Waals surface area contributed by atoms with E-state index in [1.807, 2.05) is 11.7 Å². The molecule has 0 unspecified atom stereocenters. The van der Waals surface area contributed by atoms with Crippen LogP contribution < -0.4 is 0 Å². The van der Waals surface area contributed by atoms with Gasteiger partial charge in [0.1, 0.15) is 0 Å². The zero-order valence-electron chi connectivity index (χ0n) is 10.8. The van der Waals surface area contributed by atoms with Crippen molar-refractivity contribution in [1.82, 2.24) is 9.78 Å². The largest absolute Gasteiger partial charge is 0.268 e. The topological polar surface area (TPSA) is 17.8 Å². The lowest BCUT2D eigenvalue weighted by molar-refractivity contribution is 0.369. The Labute approximate surface area is 125 Å². The van der Waals surface area contributed by atoms with Gasteiger partial charge in [0, 0.05) is 23.1 Å². The molecule has 0 saturated heterocycles. The second-order valence-electron chi connectivity index (χ2n) is 4.89. The van der Waals surface area contributed by atoms with Crippen molar-refractivity contribution in [2.45, 2.75) is 19.8 Å². The minimum Gasteiger partial charge on any atom is -0.268 e. The highest BCUT2D eigenvalue weighted by Crippen LogP contribution is 2.33. The van der Waals surface area contributed by atoms with Gasteiger partial charge in [-0.2, -0.15) is 5.10 Å². The molecule has 2 nitrogen and oxygen atoms in total. The Balaban J connectivity index is 2.43. The van der Waals surface area contributed by atoms with Crippen molar-refractivity contribution in [3.63, 3.8) is 0 Å². The molecule has 4 heteroatoms. The van der Waals surface area contributed by atoms with Crippen LogP contribution in [0.15, 0.2) is 24.3 Å². The van der Waals surface area contributed by atoms with Crippen molar-refractivity contribution >= 4 is 42.8 Å². The third-order valence-corrected chi connectivity index (χ3v) is 6.07. The van der Waals surface area contributed by atoms with Crippen molar-refractivity contribution in [2.75, 3.05) is 10.7 Å². The van der Waals surface area contributed by atoms with E-state index in [4.69, 9.17) is 5.10 Å². The van der Waals surface area contributed by atoms with Gasteiger partial charge in [-0.15, -0.1) is 0 Å². The minimum atomic E-state index is 0.247. The van der Waals surface area contributed by atoms with E-state index in [1.54, 1.807) is 0 Å². The summed E-state index contributed by atoms with van der Waals surface area (Å²) >= 11 is 7.31. The first-order valence-electron chi connectivity index (χ1n) is 6.18. The van der Waals surface area contributed by atoms with Crippen molar-refractivity contribution in [3.8, 4) is 0 Å². The van der Waals surface area contributed by atoms with E-state index in [0.717, 1.165) is 23.5 Å². The van der Waals surface area contributed by atoms with Crippen LogP contribution in [0, 0.1) is 5.41 Å². The summed E-state index contributed by atoms with van der Waals surface area (Å²) in [5.74, 6) is 0. The van der Waals surface area contributed by atoms with Crippen LogP contribution in [0.5, 0.6) is 0 Å². The van der Waals surface area contributed by atoms with Gasteiger partial charge in [0.25, 0.3) is 0 Å². The highest BCUT2D eigenvalue weighted by Gasteiger charge is 2.28. The van der Waals surface area contributed by atoms with Crippen molar-refractivity contribution < 1.29 is 0 Å². The van der Waals surface area contributed by atoms with E-state index in [0.29, 0.717) is 0 Å². The standard InChI is InChI=1S/C14H18Br2N2/c1-3-14(9-15,10-16)8-12-11-6-4-5-7-13(11)18(2)17-12/h4-7H,3,8-10H2,1-2H3. The molecule has 0 N–H and O–H groups in total. The van der Waals surface area contributed by atoms with Crippen molar-refractivity contribution in [1.29, 1.82) is 0 Å². The Morgan fingerprint density at radius 3 is 2.50 bits per heavy atom. The second-order valence-corrected chi connectivity index (χ2v) is 6.01. The smallest absolute Gasteiger partial charge is 0.0709 e. The van der Waals surface area contributed by atoms with E-state index in [2.05, 4.69) is 63.0 Å². The van der Waals surface area contributed by atoms with Crippen LogP contribution in [0.2, 0.25) is 0 Å². The first kappa shape index (κ1) is 14.1. The van der Waals surface area contributed by atoms with Gasteiger partial charge in [0.05, 0.1) is 11.2 Å². The molecule has 2 aromatic rings. The van der Waals surface area contributed by atoms with Gasteiger partial charge in [-0.3, -0.25) is 4.68 Å². The molecule has 0 aliphatic carbocycles. The van der Waals surface area contributed by atoms with Gasteiger partial charge >= 0.3 is 0 Å². The van der Waals surface area contributed by atoms with Gasteiger partial charge < -0.3 is 0 Å². The monoisotopic (exact) mass is 372 g/mol. The molecule has 0 atom stereocenters. The van der Waals surface area contributed by atoms with Gasteiger partial charge in [0.2, 0.25) is 0 Å². The maximum atomic E-state index is 4.69. The average Bonchev–Trinajstić information content (AvgIpc) is 2.73. The van der Waals surface area contributed by atoms with E-state index in [9.17, 15) is 0 Å². The summed E-state index contributed by atoms with van der Waals surface area (Å²) in [6.45, 7) is 2.24. The minimum absolute atomic E-state index is 0.247. The lowest BCUT2D eigenvalue weighted by atomic mass is 9.84. The number of rotatable bonds is 5. The van der Waals surface area contributed by atoms with Crippen LogP contribution in [-0.4, -0.2) is 20.4 Å². The summed E-state index contributed by atoms with van der Waals surface area (Å²) in [4.78, 5) is 0. The molecule has 0 spiro atoms. The molecule has 98 valence electrons. The molecule has 1 heterocycles. The molecular formula is C14H18Br2N2.